The van der Waals surface area contributed by atoms with Gasteiger partial charge in [-0.3, -0.25) is 4.98 Å². The van der Waals surface area contributed by atoms with E-state index in [0.29, 0.717) is 0 Å². The summed E-state index contributed by atoms with van der Waals surface area (Å²) in [6, 6.07) is 3.28. The quantitative estimate of drug-likeness (QED) is 0.902. The number of nitrogens with one attached hydrogen (secondary N) is 1. The van der Waals surface area contributed by atoms with E-state index in [0.717, 1.165) is 45.3 Å². The van der Waals surface area contributed by atoms with Gasteiger partial charge in [-0.1, -0.05) is 19.3 Å². The van der Waals surface area contributed by atoms with E-state index >= 15 is 0 Å². The SMILES string of the molecule is O=S(=O)(NC1(CN2CCCC2)CCCCC1)c1cccnc1. The van der Waals surface area contributed by atoms with Gasteiger partial charge in [0.05, 0.1) is 0 Å². The number of hydrogen-bond donors (Lipinski definition) is 1. The average molecular weight is 323 g/mol. The highest BCUT2D eigenvalue weighted by Gasteiger charge is 2.38. The molecule has 22 heavy (non-hydrogen) atoms. The van der Waals surface area contributed by atoms with Crippen LogP contribution in [0.1, 0.15) is 44.9 Å². The molecule has 3 rings (SSSR count). The Hall–Kier alpha value is -0.980. The molecule has 1 saturated heterocycles. The summed E-state index contributed by atoms with van der Waals surface area (Å²) in [6.07, 6.45) is 10.8. The predicted molar refractivity (Wildman–Crippen MR) is 86.0 cm³/mol. The van der Waals surface area contributed by atoms with Gasteiger partial charge in [-0.05, 0) is 50.9 Å². The van der Waals surface area contributed by atoms with E-state index in [1.54, 1.807) is 18.3 Å². The van der Waals surface area contributed by atoms with Gasteiger partial charge in [0.15, 0.2) is 0 Å². The van der Waals surface area contributed by atoms with Crippen LogP contribution in [0.25, 0.3) is 0 Å². The largest absolute Gasteiger partial charge is 0.301 e. The van der Waals surface area contributed by atoms with Gasteiger partial charge >= 0.3 is 0 Å². The van der Waals surface area contributed by atoms with Gasteiger partial charge in [0.25, 0.3) is 0 Å². The number of sulfonamides is 1. The Kier molecular flexibility index (Phi) is 4.80. The van der Waals surface area contributed by atoms with E-state index in [9.17, 15) is 8.42 Å². The molecule has 0 atom stereocenters. The second-order valence-electron chi connectivity index (χ2n) is 6.62. The molecule has 1 saturated carbocycles. The molecule has 2 aliphatic rings. The molecule has 0 amide bonds. The van der Waals surface area contributed by atoms with Gasteiger partial charge in [0.2, 0.25) is 10.0 Å². The highest BCUT2D eigenvalue weighted by atomic mass is 32.2. The normalized spacial score (nSPS) is 22.7. The summed E-state index contributed by atoms with van der Waals surface area (Å²) < 4.78 is 28.5. The molecular weight excluding hydrogens is 298 g/mol. The van der Waals surface area contributed by atoms with Crippen molar-refractivity contribution in [3.8, 4) is 0 Å². The first-order valence-electron chi connectivity index (χ1n) is 8.26. The zero-order valence-corrected chi connectivity index (χ0v) is 13.8. The highest BCUT2D eigenvalue weighted by molar-refractivity contribution is 7.89. The molecule has 1 aliphatic carbocycles. The molecule has 1 aromatic heterocycles. The molecule has 2 heterocycles. The molecule has 0 spiro atoms. The molecule has 6 heteroatoms. The zero-order valence-electron chi connectivity index (χ0n) is 13.0. The summed E-state index contributed by atoms with van der Waals surface area (Å²) in [5.41, 5.74) is -0.308. The second-order valence-corrected chi connectivity index (χ2v) is 8.30. The molecule has 2 fully saturated rings. The van der Waals surface area contributed by atoms with Gasteiger partial charge in [-0.2, -0.15) is 0 Å². The number of likely N-dealkylation sites (tertiary alicyclic amines) is 1. The Labute approximate surface area is 133 Å². The van der Waals surface area contributed by atoms with Crippen molar-refractivity contribution in [1.82, 2.24) is 14.6 Å². The molecule has 1 aliphatic heterocycles. The van der Waals surface area contributed by atoms with Crippen LogP contribution in [-0.4, -0.2) is 43.5 Å². The summed E-state index contributed by atoms with van der Waals surface area (Å²) in [6.45, 7) is 3.03. The van der Waals surface area contributed by atoms with E-state index < -0.39 is 10.0 Å². The van der Waals surface area contributed by atoms with Crippen LogP contribution < -0.4 is 4.72 Å². The Balaban J connectivity index is 1.80. The van der Waals surface area contributed by atoms with Crippen LogP contribution in [-0.2, 0) is 10.0 Å². The maximum absolute atomic E-state index is 12.7. The fourth-order valence-electron chi connectivity index (χ4n) is 3.74. The van der Waals surface area contributed by atoms with Crippen LogP contribution in [0.2, 0.25) is 0 Å². The Morgan fingerprint density at radius 3 is 2.50 bits per heavy atom. The standard InChI is InChI=1S/C16H25N3O2S/c20-22(21,15-7-6-10-17-13-15)18-16(8-2-1-3-9-16)14-19-11-4-5-12-19/h6-7,10,13,18H,1-5,8-9,11-12,14H2. The second kappa shape index (κ2) is 6.64. The van der Waals surface area contributed by atoms with Crippen LogP contribution in [0.3, 0.4) is 0 Å². The summed E-state index contributed by atoms with van der Waals surface area (Å²) in [7, 11) is -3.50. The minimum atomic E-state index is -3.50. The predicted octanol–water partition coefficient (Wildman–Crippen LogP) is 2.16. The van der Waals surface area contributed by atoms with Gasteiger partial charge in [-0.25, -0.2) is 13.1 Å². The van der Waals surface area contributed by atoms with Crippen LogP contribution in [0, 0.1) is 0 Å². The number of rotatable bonds is 5. The molecule has 1 aromatic rings. The highest BCUT2D eigenvalue weighted by Crippen LogP contribution is 2.31. The maximum Gasteiger partial charge on any atom is 0.242 e. The molecule has 0 bridgehead atoms. The third-order valence-corrected chi connectivity index (χ3v) is 6.40. The summed E-state index contributed by atoms with van der Waals surface area (Å²) in [5.74, 6) is 0. The fraction of sp³-hybridized carbons (Fsp3) is 0.688. The van der Waals surface area contributed by atoms with Gasteiger partial charge in [0.1, 0.15) is 4.90 Å². The molecule has 0 unspecified atom stereocenters. The van der Waals surface area contributed by atoms with Crippen molar-refractivity contribution < 1.29 is 8.42 Å². The molecule has 0 radical (unpaired) electrons. The minimum Gasteiger partial charge on any atom is -0.301 e. The van der Waals surface area contributed by atoms with E-state index in [4.69, 9.17) is 0 Å². The zero-order chi connectivity index (χ0) is 15.5. The van der Waals surface area contributed by atoms with Gasteiger partial charge < -0.3 is 4.90 Å². The van der Waals surface area contributed by atoms with Crippen molar-refractivity contribution in [3.05, 3.63) is 24.5 Å². The first-order valence-corrected chi connectivity index (χ1v) is 9.74. The van der Waals surface area contributed by atoms with Crippen LogP contribution in [0.15, 0.2) is 29.4 Å². The Morgan fingerprint density at radius 1 is 1.14 bits per heavy atom. The van der Waals surface area contributed by atoms with Crippen LogP contribution in [0.4, 0.5) is 0 Å². The Morgan fingerprint density at radius 2 is 1.86 bits per heavy atom. The molecule has 5 nitrogen and oxygen atoms in total. The fourth-order valence-corrected chi connectivity index (χ4v) is 5.15. The lowest BCUT2D eigenvalue weighted by atomic mass is 9.82. The van der Waals surface area contributed by atoms with Crippen molar-refractivity contribution in [2.75, 3.05) is 19.6 Å². The third-order valence-electron chi connectivity index (χ3n) is 4.83. The number of nitrogens with zero attached hydrogens (tertiary/aromatic N) is 2. The monoisotopic (exact) mass is 323 g/mol. The maximum atomic E-state index is 12.7. The number of aromatic nitrogens is 1. The molecule has 0 aromatic carbocycles. The molecule has 1 N–H and O–H groups in total. The lowest BCUT2D eigenvalue weighted by molar-refractivity contribution is 0.181. The van der Waals surface area contributed by atoms with Crippen molar-refractivity contribution in [1.29, 1.82) is 0 Å². The van der Waals surface area contributed by atoms with E-state index in [2.05, 4.69) is 14.6 Å². The van der Waals surface area contributed by atoms with Crippen molar-refractivity contribution in [2.45, 2.75) is 55.4 Å². The first kappa shape index (κ1) is 15.9. The minimum absolute atomic E-state index is 0.265. The van der Waals surface area contributed by atoms with Crippen molar-refractivity contribution in [3.63, 3.8) is 0 Å². The smallest absolute Gasteiger partial charge is 0.242 e. The van der Waals surface area contributed by atoms with Crippen molar-refractivity contribution in [2.24, 2.45) is 0 Å². The Bertz CT molecular complexity index is 577. The average Bonchev–Trinajstić information content (AvgIpc) is 3.01. The first-order chi connectivity index (χ1) is 10.6. The lowest BCUT2D eigenvalue weighted by Crippen LogP contribution is -2.56. The van der Waals surface area contributed by atoms with Crippen LogP contribution in [0.5, 0.6) is 0 Å². The molecule has 122 valence electrons. The topological polar surface area (TPSA) is 62.3 Å². The van der Waals surface area contributed by atoms with E-state index in [-0.39, 0.29) is 10.4 Å². The van der Waals surface area contributed by atoms with E-state index in [1.807, 2.05) is 0 Å². The van der Waals surface area contributed by atoms with Crippen LogP contribution >= 0.6 is 0 Å². The lowest BCUT2D eigenvalue weighted by Gasteiger charge is -2.40. The van der Waals surface area contributed by atoms with Gasteiger partial charge in [0, 0.05) is 24.5 Å². The molecular formula is C16H25N3O2S. The summed E-state index contributed by atoms with van der Waals surface area (Å²) >= 11 is 0. The number of hydrogen-bond acceptors (Lipinski definition) is 4. The summed E-state index contributed by atoms with van der Waals surface area (Å²) in [4.78, 5) is 6.62. The number of pyridine rings is 1. The van der Waals surface area contributed by atoms with Gasteiger partial charge in [-0.15, -0.1) is 0 Å². The third kappa shape index (κ3) is 3.67. The summed E-state index contributed by atoms with van der Waals surface area (Å²) in [5, 5.41) is 0. The van der Waals surface area contributed by atoms with Crippen molar-refractivity contribution >= 4 is 10.0 Å². The van der Waals surface area contributed by atoms with E-state index in [1.165, 1.54) is 25.5 Å².